The number of rotatable bonds is 5. The molecule has 0 amide bonds. The van der Waals surface area contributed by atoms with Gasteiger partial charge in [-0.25, -0.2) is 0 Å². The zero-order valence-corrected chi connectivity index (χ0v) is 9.92. The Balaban J connectivity index is 2.85. The SMILES string of the molecule is CCCCC(N)c1cc(C)ccc1OC. The molecule has 1 unspecified atom stereocenters. The first-order valence-electron chi connectivity index (χ1n) is 5.59. The zero-order chi connectivity index (χ0) is 11.3. The topological polar surface area (TPSA) is 35.2 Å². The summed E-state index contributed by atoms with van der Waals surface area (Å²) < 4.78 is 5.32. The van der Waals surface area contributed by atoms with Crippen LogP contribution in [0.25, 0.3) is 0 Å². The lowest BCUT2D eigenvalue weighted by Crippen LogP contribution is -2.11. The first kappa shape index (κ1) is 12.1. The molecule has 0 fully saturated rings. The van der Waals surface area contributed by atoms with E-state index in [0.29, 0.717) is 0 Å². The van der Waals surface area contributed by atoms with E-state index < -0.39 is 0 Å². The van der Waals surface area contributed by atoms with Gasteiger partial charge < -0.3 is 10.5 Å². The summed E-state index contributed by atoms with van der Waals surface area (Å²) in [7, 11) is 1.70. The van der Waals surface area contributed by atoms with Gasteiger partial charge in [0.05, 0.1) is 7.11 Å². The third-order valence-electron chi connectivity index (χ3n) is 2.65. The van der Waals surface area contributed by atoms with Crippen LogP contribution in [0.5, 0.6) is 5.75 Å². The Morgan fingerprint density at radius 3 is 2.73 bits per heavy atom. The number of nitrogens with two attached hydrogens (primary N) is 1. The van der Waals surface area contributed by atoms with Crippen LogP contribution in [0, 0.1) is 6.92 Å². The van der Waals surface area contributed by atoms with Gasteiger partial charge in [-0.3, -0.25) is 0 Å². The lowest BCUT2D eigenvalue weighted by Gasteiger charge is -2.16. The molecular formula is C13H21NO. The van der Waals surface area contributed by atoms with Gasteiger partial charge in [-0.05, 0) is 19.4 Å². The van der Waals surface area contributed by atoms with Crippen molar-refractivity contribution in [3.05, 3.63) is 29.3 Å². The Morgan fingerprint density at radius 2 is 2.13 bits per heavy atom. The third-order valence-corrected chi connectivity index (χ3v) is 2.65. The van der Waals surface area contributed by atoms with Crippen molar-refractivity contribution in [2.45, 2.75) is 39.2 Å². The van der Waals surface area contributed by atoms with E-state index in [1.54, 1.807) is 7.11 Å². The second-order valence-corrected chi connectivity index (χ2v) is 3.99. The number of ether oxygens (including phenoxy) is 1. The van der Waals surface area contributed by atoms with Crippen molar-refractivity contribution in [2.75, 3.05) is 7.11 Å². The van der Waals surface area contributed by atoms with E-state index >= 15 is 0 Å². The van der Waals surface area contributed by atoms with Crippen molar-refractivity contribution in [3.63, 3.8) is 0 Å². The minimum Gasteiger partial charge on any atom is -0.496 e. The Bertz CT molecular complexity index is 309. The highest BCUT2D eigenvalue weighted by Crippen LogP contribution is 2.27. The highest BCUT2D eigenvalue weighted by atomic mass is 16.5. The van der Waals surface area contributed by atoms with Gasteiger partial charge in [-0.1, -0.05) is 37.5 Å². The van der Waals surface area contributed by atoms with Gasteiger partial charge in [-0.15, -0.1) is 0 Å². The van der Waals surface area contributed by atoms with Gasteiger partial charge in [-0.2, -0.15) is 0 Å². The smallest absolute Gasteiger partial charge is 0.123 e. The van der Waals surface area contributed by atoms with Crippen molar-refractivity contribution < 1.29 is 4.74 Å². The molecule has 2 nitrogen and oxygen atoms in total. The number of benzene rings is 1. The third kappa shape index (κ3) is 3.24. The van der Waals surface area contributed by atoms with E-state index in [1.807, 2.05) is 6.07 Å². The molecule has 0 saturated heterocycles. The molecule has 0 aliphatic carbocycles. The van der Waals surface area contributed by atoms with Crippen molar-refractivity contribution in [1.82, 2.24) is 0 Å². The molecule has 1 atom stereocenters. The number of aryl methyl sites for hydroxylation is 1. The molecule has 2 heteroatoms. The summed E-state index contributed by atoms with van der Waals surface area (Å²) >= 11 is 0. The van der Waals surface area contributed by atoms with Gasteiger partial charge >= 0.3 is 0 Å². The summed E-state index contributed by atoms with van der Waals surface area (Å²) in [6.45, 7) is 4.26. The largest absolute Gasteiger partial charge is 0.496 e. The second-order valence-electron chi connectivity index (χ2n) is 3.99. The normalized spacial score (nSPS) is 12.5. The molecule has 0 aliphatic heterocycles. The standard InChI is InChI=1S/C13H21NO/c1-4-5-6-12(14)11-9-10(2)7-8-13(11)15-3/h7-9,12H,4-6,14H2,1-3H3. The monoisotopic (exact) mass is 207 g/mol. The summed E-state index contributed by atoms with van der Waals surface area (Å²) in [5.41, 5.74) is 8.51. The first-order valence-corrected chi connectivity index (χ1v) is 5.59. The summed E-state index contributed by atoms with van der Waals surface area (Å²) in [5.74, 6) is 0.907. The summed E-state index contributed by atoms with van der Waals surface area (Å²) in [4.78, 5) is 0. The molecule has 2 N–H and O–H groups in total. The van der Waals surface area contributed by atoms with E-state index in [4.69, 9.17) is 10.5 Å². The van der Waals surface area contributed by atoms with Crippen LogP contribution in [0.2, 0.25) is 0 Å². The molecule has 1 aromatic rings. The first-order chi connectivity index (χ1) is 7.19. The van der Waals surface area contributed by atoms with Crippen molar-refractivity contribution >= 4 is 0 Å². The molecule has 0 bridgehead atoms. The zero-order valence-electron chi connectivity index (χ0n) is 9.92. The lowest BCUT2D eigenvalue weighted by atomic mass is 9.99. The van der Waals surface area contributed by atoms with Crippen LogP contribution in [-0.2, 0) is 0 Å². The van der Waals surface area contributed by atoms with Crippen molar-refractivity contribution in [1.29, 1.82) is 0 Å². The summed E-state index contributed by atoms with van der Waals surface area (Å²) in [5, 5.41) is 0. The van der Waals surface area contributed by atoms with E-state index in [-0.39, 0.29) is 6.04 Å². The fourth-order valence-electron chi connectivity index (χ4n) is 1.72. The van der Waals surface area contributed by atoms with Crippen LogP contribution in [0.3, 0.4) is 0 Å². The van der Waals surface area contributed by atoms with Gasteiger partial charge in [0, 0.05) is 11.6 Å². The molecule has 0 radical (unpaired) electrons. The van der Waals surface area contributed by atoms with Crippen LogP contribution in [0.1, 0.15) is 43.4 Å². The molecule has 0 heterocycles. The second kappa shape index (κ2) is 5.76. The number of methoxy groups -OCH3 is 1. The van der Waals surface area contributed by atoms with Crippen LogP contribution < -0.4 is 10.5 Å². The summed E-state index contributed by atoms with van der Waals surface area (Å²) in [6.07, 6.45) is 3.37. The van der Waals surface area contributed by atoms with E-state index in [2.05, 4.69) is 26.0 Å². The quantitative estimate of drug-likeness (QED) is 0.804. The minimum absolute atomic E-state index is 0.0970. The Labute approximate surface area is 92.4 Å². The van der Waals surface area contributed by atoms with Crippen molar-refractivity contribution in [3.8, 4) is 5.75 Å². The maximum absolute atomic E-state index is 6.15. The molecule has 1 aromatic carbocycles. The van der Waals surface area contributed by atoms with Crippen LogP contribution in [0.4, 0.5) is 0 Å². The lowest BCUT2D eigenvalue weighted by molar-refractivity contribution is 0.403. The van der Waals surface area contributed by atoms with Crippen LogP contribution >= 0.6 is 0 Å². The minimum atomic E-state index is 0.0970. The molecule has 15 heavy (non-hydrogen) atoms. The molecule has 1 rings (SSSR count). The van der Waals surface area contributed by atoms with Gasteiger partial charge in [0.25, 0.3) is 0 Å². The summed E-state index contributed by atoms with van der Waals surface area (Å²) in [6, 6.07) is 6.27. The highest BCUT2D eigenvalue weighted by molar-refractivity contribution is 5.38. The van der Waals surface area contributed by atoms with E-state index in [9.17, 15) is 0 Å². The maximum atomic E-state index is 6.15. The maximum Gasteiger partial charge on any atom is 0.123 e. The number of hydrogen-bond donors (Lipinski definition) is 1. The molecule has 0 saturated carbocycles. The van der Waals surface area contributed by atoms with Crippen LogP contribution in [0.15, 0.2) is 18.2 Å². The molecular weight excluding hydrogens is 186 g/mol. The average molecular weight is 207 g/mol. The van der Waals surface area contributed by atoms with Gasteiger partial charge in [0.2, 0.25) is 0 Å². The predicted octanol–water partition coefficient (Wildman–Crippen LogP) is 3.19. The molecule has 0 aromatic heterocycles. The van der Waals surface area contributed by atoms with E-state index in [0.717, 1.165) is 24.2 Å². The number of hydrogen-bond acceptors (Lipinski definition) is 2. The highest BCUT2D eigenvalue weighted by Gasteiger charge is 2.11. The predicted molar refractivity (Wildman–Crippen MR) is 64.2 cm³/mol. The molecule has 0 spiro atoms. The van der Waals surface area contributed by atoms with Gasteiger partial charge in [0.1, 0.15) is 5.75 Å². The Hall–Kier alpha value is -1.02. The number of unbranched alkanes of at least 4 members (excludes halogenated alkanes) is 1. The fraction of sp³-hybridized carbons (Fsp3) is 0.538. The van der Waals surface area contributed by atoms with Crippen molar-refractivity contribution in [2.24, 2.45) is 5.73 Å². The Kier molecular flexibility index (Phi) is 4.63. The fourth-order valence-corrected chi connectivity index (χ4v) is 1.72. The molecule has 0 aliphatic rings. The van der Waals surface area contributed by atoms with E-state index in [1.165, 1.54) is 12.0 Å². The molecule has 84 valence electrons. The average Bonchev–Trinajstić information content (AvgIpc) is 2.25. The van der Waals surface area contributed by atoms with Crippen LogP contribution in [-0.4, -0.2) is 7.11 Å². The Morgan fingerprint density at radius 1 is 1.40 bits per heavy atom. The van der Waals surface area contributed by atoms with Gasteiger partial charge in [0.15, 0.2) is 0 Å².